The quantitative estimate of drug-likeness (QED) is 0.743. The summed E-state index contributed by atoms with van der Waals surface area (Å²) in [7, 11) is 0. The summed E-state index contributed by atoms with van der Waals surface area (Å²) in [6.07, 6.45) is 0. The van der Waals surface area contributed by atoms with Crippen LogP contribution in [0.5, 0.6) is 0 Å². The Labute approximate surface area is 150 Å². The summed E-state index contributed by atoms with van der Waals surface area (Å²) in [6.45, 7) is 2.24. The first-order chi connectivity index (χ1) is 11.8. The summed E-state index contributed by atoms with van der Waals surface area (Å²) in [4.78, 5) is 26.6. The standard InChI is InChI=1S/C18H15N5O.ClH/c24-17-13-4-2-1-3-12(13)10-23(17)18-21-14-6-5-11(9-15(14)22-18)16-19-7-8-20-16;/h1-6,9H,7-8,10H2,(H,19,20)(H,21,22);1H. The van der Waals surface area contributed by atoms with Crippen LogP contribution in [-0.4, -0.2) is 34.8 Å². The maximum absolute atomic E-state index is 12.6. The predicted octanol–water partition coefficient (Wildman–Crippen LogP) is 2.49. The molecule has 2 aromatic carbocycles. The molecule has 3 heterocycles. The molecular formula is C18H16ClN5O. The summed E-state index contributed by atoms with van der Waals surface area (Å²) in [5.74, 6) is 1.49. The van der Waals surface area contributed by atoms with Gasteiger partial charge in [-0.05, 0) is 29.8 Å². The summed E-state index contributed by atoms with van der Waals surface area (Å²) in [6, 6.07) is 13.7. The lowest BCUT2D eigenvalue weighted by Crippen LogP contribution is -2.24. The van der Waals surface area contributed by atoms with Gasteiger partial charge in [0.2, 0.25) is 5.95 Å². The molecule has 0 atom stereocenters. The topological polar surface area (TPSA) is 73.4 Å². The van der Waals surface area contributed by atoms with E-state index in [1.54, 1.807) is 4.90 Å². The van der Waals surface area contributed by atoms with Gasteiger partial charge in [0.05, 0.1) is 24.1 Å². The molecule has 1 amide bonds. The van der Waals surface area contributed by atoms with Gasteiger partial charge in [-0.2, -0.15) is 0 Å². The predicted molar refractivity (Wildman–Crippen MR) is 99.7 cm³/mol. The number of amides is 1. The van der Waals surface area contributed by atoms with E-state index in [2.05, 4.69) is 20.3 Å². The number of hydrogen-bond acceptors (Lipinski definition) is 4. The Balaban J connectivity index is 0.00000157. The van der Waals surface area contributed by atoms with Gasteiger partial charge in [-0.25, -0.2) is 4.98 Å². The highest BCUT2D eigenvalue weighted by molar-refractivity contribution is 6.09. The Kier molecular flexibility index (Phi) is 3.69. The molecule has 1 aromatic heterocycles. The molecule has 0 saturated heterocycles. The fourth-order valence-corrected chi connectivity index (χ4v) is 3.29. The van der Waals surface area contributed by atoms with Crippen molar-refractivity contribution < 1.29 is 4.79 Å². The van der Waals surface area contributed by atoms with Crippen LogP contribution in [0.25, 0.3) is 11.0 Å². The van der Waals surface area contributed by atoms with E-state index in [1.165, 1.54) is 0 Å². The Hall–Kier alpha value is -2.86. The second kappa shape index (κ2) is 5.89. The number of benzene rings is 2. The third-order valence-corrected chi connectivity index (χ3v) is 4.49. The van der Waals surface area contributed by atoms with Crippen LogP contribution in [0.4, 0.5) is 5.95 Å². The zero-order valence-corrected chi connectivity index (χ0v) is 14.1. The van der Waals surface area contributed by atoms with E-state index in [0.717, 1.165) is 46.6 Å². The highest BCUT2D eigenvalue weighted by atomic mass is 35.5. The third-order valence-electron chi connectivity index (χ3n) is 4.49. The number of carbonyl (C=O) groups excluding carboxylic acids is 1. The number of aromatic amines is 1. The summed E-state index contributed by atoms with van der Waals surface area (Å²) >= 11 is 0. The van der Waals surface area contributed by atoms with Crippen LogP contribution < -0.4 is 10.2 Å². The van der Waals surface area contributed by atoms with Gasteiger partial charge in [0.1, 0.15) is 5.84 Å². The number of nitrogens with zero attached hydrogens (tertiary/aromatic N) is 3. The van der Waals surface area contributed by atoms with Crippen molar-refractivity contribution in [2.75, 3.05) is 18.0 Å². The molecule has 0 radical (unpaired) electrons. The number of H-pyrrole nitrogens is 1. The lowest BCUT2D eigenvalue weighted by atomic mass is 10.1. The molecular weight excluding hydrogens is 338 g/mol. The molecule has 3 aromatic rings. The van der Waals surface area contributed by atoms with Crippen molar-refractivity contribution >= 4 is 41.1 Å². The van der Waals surface area contributed by atoms with E-state index in [1.807, 2.05) is 42.5 Å². The number of fused-ring (bicyclic) bond motifs is 2. The molecule has 2 aliphatic heterocycles. The molecule has 0 spiro atoms. The Morgan fingerprint density at radius 3 is 2.80 bits per heavy atom. The van der Waals surface area contributed by atoms with Gasteiger partial charge in [0.15, 0.2) is 0 Å². The smallest absolute Gasteiger partial charge is 0.261 e. The number of imidazole rings is 1. The van der Waals surface area contributed by atoms with E-state index in [9.17, 15) is 4.79 Å². The minimum Gasteiger partial charge on any atom is -0.368 e. The van der Waals surface area contributed by atoms with E-state index in [4.69, 9.17) is 0 Å². The fraction of sp³-hybridized carbons (Fsp3) is 0.167. The number of carbonyl (C=O) groups is 1. The molecule has 25 heavy (non-hydrogen) atoms. The number of nitrogens with one attached hydrogen (secondary N) is 2. The molecule has 0 aliphatic carbocycles. The van der Waals surface area contributed by atoms with Crippen molar-refractivity contribution in [2.24, 2.45) is 4.99 Å². The van der Waals surface area contributed by atoms with Gasteiger partial charge < -0.3 is 10.3 Å². The molecule has 2 aliphatic rings. The fourth-order valence-electron chi connectivity index (χ4n) is 3.29. The molecule has 2 N–H and O–H groups in total. The molecule has 6 nitrogen and oxygen atoms in total. The van der Waals surface area contributed by atoms with Crippen molar-refractivity contribution in [2.45, 2.75) is 6.54 Å². The number of rotatable bonds is 2. The minimum atomic E-state index is -0.00767. The first-order valence-electron chi connectivity index (χ1n) is 7.98. The number of aromatic nitrogens is 2. The zero-order valence-electron chi connectivity index (χ0n) is 13.3. The number of hydrogen-bond donors (Lipinski definition) is 2. The van der Waals surface area contributed by atoms with E-state index in [0.29, 0.717) is 12.5 Å². The molecule has 0 fully saturated rings. The Bertz CT molecular complexity index is 1010. The Morgan fingerprint density at radius 2 is 2.00 bits per heavy atom. The summed E-state index contributed by atoms with van der Waals surface area (Å²) in [5.41, 5.74) is 4.57. The van der Waals surface area contributed by atoms with Crippen molar-refractivity contribution in [1.29, 1.82) is 0 Å². The summed E-state index contributed by atoms with van der Waals surface area (Å²) in [5, 5.41) is 3.27. The molecule has 0 unspecified atom stereocenters. The van der Waals surface area contributed by atoms with E-state index >= 15 is 0 Å². The lowest BCUT2D eigenvalue weighted by Gasteiger charge is -2.10. The van der Waals surface area contributed by atoms with Crippen molar-refractivity contribution in [3.05, 3.63) is 59.2 Å². The maximum atomic E-state index is 12.6. The second-order valence-electron chi connectivity index (χ2n) is 6.00. The SMILES string of the molecule is Cl.O=C1c2ccccc2CN1c1nc2ccc(C3=NCCN3)cc2[nH]1. The maximum Gasteiger partial charge on any atom is 0.261 e. The Morgan fingerprint density at radius 1 is 1.12 bits per heavy atom. The van der Waals surface area contributed by atoms with Gasteiger partial charge in [0.25, 0.3) is 5.91 Å². The van der Waals surface area contributed by atoms with Gasteiger partial charge in [-0.15, -0.1) is 12.4 Å². The van der Waals surface area contributed by atoms with Crippen LogP contribution >= 0.6 is 12.4 Å². The normalized spacial score (nSPS) is 15.8. The van der Waals surface area contributed by atoms with Crippen LogP contribution in [0.15, 0.2) is 47.5 Å². The van der Waals surface area contributed by atoms with Crippen molar-refractivity contribution in [3.8, 4) is 0 Å². The van der Waals surface area contributed by atoms with Crippen LogP contribution in [0, 0.1) is 0 Å². The van der Waals surface area contributed by atoms with Crippen molar-refractivity contribution in [3.63, 3.8) is 0 Å². The first kappa shape index (κ1) is 15.7. The first-order valence-corrected chi connectivity index (χ1v) is 7.98. The van der Waals surface area contributed by atoms with Crippen LogP contribution in [0.3, 0.4) is 0 Å². The largest absolute Gasteiger partial charge is 0.368 e. The average Bonchev–Trinajstić information content (AvgIpc) is 3.33. The van der Waals surface area contributed by atoms with E-state index in [-0.39, 0.29) is 18.3 Å². The van der Waals surface area contributed by atoms with Crippen molar-refractivity contribution in [1.82, 2.24) is 15.3 Å². The van der Waals surface area contributed by atoms with Crippen LogP contribution in [0.2, 0.25) is 0 Å². The number of anilines is 1. The number of halogens is 1. The second-order valence-corrected chi connectivity index (χ2v) is 6.00. The number of amidine groups is 1. The van der Waals surface area contributed by atoms with E-state index < -0.39 is 0 Å². The zero-order chi connectivity index (χ0) is 16.1. The van der Waals surface area contributed by atoms with Gasteiger partial charge in [-0.1, -0.05) is 18.2 Å². The van der Waals surface area contributed by atoms with Crippen LogP contribution in [-0.2, 0) is 6.54 Å². The molecule has 0 bridgehead atoms. The van der Waals surface area contributed by atoms with Gasteiger partial charge in [-0.3, -0.25) is 14.7 Å². The molecule has 5 rings (SSSR count). The third kappa shape index (κ3) is 2.46. The highest BCUT2D eigenvalue weighted by Gasteiger charge is 2.30. The minimum absolute atomic E-state index is 0. The molecule has 7 heteroatoms. The number of aliphatic imine (C=N–C) groups is 1. The summed E-state index contributed by atoms with van der Waals surface area (Å²) < 4.78 is 0. The van der Waals surface area contributed by atoms with Crippen LogP contribution in [0.1, 0.15) is 21.5 Å². The average molecular weight is 354 g/mol. The lowest BCUT2D eigenvalue weighted by molar-refractivity contribution is 0.0995. The molecule has 126 valence electrons. The monoisotopic (exact) mass is 353 g/mol. The highest BCUT2D eigenvalue weighted by Crippen LogP contribution is 2.28. The van der Waals surface area contributed by atoms with Gasteiger partial charge >= 0.3 is 0 Å². The molecule has 0 saturated carbocycles. The van der Waals surface area contributed by atoms with Gasteiger partial charge in [0, 0.05) is 17.7 Å².